The Labute approximate surface area is 125 Å². The molecule has 3 nitrogen and oxygen atoms in total. The molecule has 2 aromatic carbocycles. The quantitative estimate of drug-likeness (QED) is 0.794. The first-order chi connectivity index (χ1) is 10.2. The Morgan fingerprint density at radius 1 is 1.05 bits per heavy atom. The van der Waals surface area contributed by atoms with E-state index in [1.54, 1.807) is 0 Å². The van der Waals surface area contributed by atoms with Crippen LogP contribution in [0, 0.1) is 13.8 Å². The molecular formula is C18H19N3. The van der Waals surface area contributed by atoms with E-state index in [2.05, 4.69) is 49.3 Å². The van der Waals surface area contributed by atoms with Gasteiger partial charge in [0.15, 0.2) is 0 Å². The van der Waals surface area contributed by atoms with Gasteiger partial charge in [-0.25, -0.2) is 4.68 Å². The molecule has 0 spiro atoms. The minimum atomic E-state index is 0.481. The van der Waals surface area contributed by atoms with Gasteiger partial charge in [-0.1, -0.05) is 48.0 Å². The highest BCUT2D eigenvalue weighted by Gasteiger charge is 2.14. The van der Waals surface area contributed by atoms with E-state index in [1.807, 2.05) is 29.1 Å². The van der Waals surface area contributed by atoms with E-state index in [4.69, 9.17) is 5.73 Å². The highest BCUT2D eigenvalue weighted by atomic mass is 15.3. The summed E-state index contributed by atoms with van der Waals surface area (Å²) in [5.74, 6) is 0. The van der Waals surface area contributed by atoms with E-state index in [0.29, 0.717) is 6.54 Å². The maximum atomic E-state index is 5.89. The molecule has 0 aliphatic rings. The van der Waals surface area contributed by atoms with Crippen LogP contribution in [0.25, 0.3) is 16.9 Å². The first-order valence-electron chi connectivity index (χ1n) is 7.10. The predicted octanol–water partition coefficient (Wildman–Crippen LogP) is 3.61. The first-order valence-corrected chi connectivity index (χ1v) is 7.10. The van der Waals surface area contributed by atoms with E-state index in [1.165, 1.54) is 11.1 Å². The third-order valence-electron chi connectivity index (χ3n) is 3.69. The Bertz CT molecular complexity index is 757. The lowest BCUT2D eigenvalue weighted by Crippen LogP contribution is -2.04. The fourth-order valence-electron chi connectivity index (χ4n) is 2.66. The molecule has 0 radical (unpaired) electrons. The Balaban J connectivity index is 2.22. The minimum Gasteiger partial charge on any atom is -0.326 e. The van der Waals surface area contributed by atoms with E-state index >= 15 is 0 Å². The standard InChI is InChI=1S/C18H19N3/c1-13-8-9-17(14(2)10-13)21-18(16(11-19)12-20-21)15-6-4-3-5-7-15/h3-10,12H,11,19H2,1-2H3. The summed E-state index contributed by atoms with van der Waals surface area (Å²) < 4.78 is 1.99. The molecule has 21 heavy (non-hydrogen) atoms. The van der Waals surface area contributed by atoms with Crippen LogP contribution in [0.15, 0.2) is 54.7 Å². The number of hydrogen-bond acceptors (Lipinski definition) is 2. The molecular weight excluding hydrogens is 258 g/mol. The van der Waals surface area contributed by atoms with Crippen LogP contribution in [0.5, 0.6) is 0 Å². The summed E-state index contributed by atoms with van der Waals surface area (Å²) in [4.78, 5) is 0. The fraction of sp³-hybridized carbons (Fsp3) is 0.167. The summed E-state index contributed by atoms with van der Waals surface area (Å²) in [6.07, 6.45) is 1.86. The number of benzene rings is 2. The number of aryl methyl sites for hydroxylation is 2. The molecule has 3 rings (SSSR count). The molecule has 0 fully saturated rings. The van der Waals surface area contributed by atoms with Crippen molar-refractivity contribution in [2.75, 3.05) is 0 Å². The van der Waals surface area contributed by atoms with Crippen molar-refractivity contribution in [3.63, 3.8) is 0 Å². The monoisotopic (exact) mass is 277 g/mol. The number of rotatable bonds is 3. The van der Waals surface area contributed by atoms with Gasteiger partial charge in [0.2, 0.25) is 0 Å². The van der Waals surface area contributed by atoms with Gasteiger partial charge in [0.25, 0.3) is 0 Å². The molecule has 1 heterocycles. The predicted molar refractivity (Wildman–Crippen MR) is 86.4 cm³/mol. The van der Waals surface area contributed by atoms with Crippen molar-refractivity contribution in [1.29, 1.82) is 0 Å². The Morgan fingerprint density at radius 2 is 1.81 bits per heavy atom. The average molecular weight is 277 g/mol. The van der Waals surface area contributed by atoms with Crippen molar-refractivity contribution in [3.05, 3.63) is 71.4 Å². The third-order valence-corrected chi connectivity index (χ3v) is 3.69. The Kier molecular flexibility index (Phi) is 3.59. The summed E-state index contributed by atoms with van der Waals surface area (Å²) >= 11 is 0. The molecule has 0 amide bonds. The maximum absolute atomic E-state index is 5.89. The van der Waals surface area contributed by atoms with E-state index in [-0.39, 0.29) is 0 Å². The second-order valence-corrected chi connectivity index (χ2v) is 5.29. The van der Waals surface area contributed by atoms with Crippen LogP contribution in [0.4, 0.5) is 0 Å². The zero-order valence-corrected chi connectivity index (χ0v) is 12.4. The van der Waals surface area contributed by atoms with Crippen LogP contribution in [0.2, 0.25) is 0 Å². The summed E-state index contributed by atoms with van der Waals surface area (Å²) in [5.41, 5.74) is 12.7. The number of nitrogens with zero attached hydrogens (tertiary/aromatic N) is 2. The van der Waals surface area contributed by atoms with Gasteiger partial charge in [0, 0.05) is 17.7 Å². The van der Waals surface area contributed by atoms with Gasteiger partial charge in [0.05, 0.1) is 17.6 Å². The second-order valence-electron chi connectivity index (χ2n) is 5.29. The van der Waals surface area contributed by atoms with Crippen molar-refractivity contribution in [2.24, 2.45) is 5.73 Å². The second kappa shape index (κ2) is 5.54. The van der Waals surface area contributed by atoms with Gasteiger partial charge in [-0.05, 0) is 25.5 Å². The number of hydrogen-bond donors (Lipinski definition) is 1. The molecule has 0 unspecified atom stereocenters. The maximum Gasteiger partial charge on any atom is 0.0785 e. The smallest absolute Gasteiger partial charge is 0.0785 e. The lowest BCUT2D eigenvalue weighted by molar-refractivity contribution is 0.879. The first kappa shape index (κ1) is 13.6. The van der Waals surface area contributed by atoms with Crippen LogP contribution < -0.4 is 5.73 Å². The average Bonchev–Trinajstić information content (AvgIpc) is 2.92. The van der Waals surface area contributed by atoms with Crippen molar-refractivity contribution in [3.8, 4) is 16.9 Å². The molecule has 2 N–H and O–H groups in total. The highest BCUT2D eigenvalue weighted by molar-refractivity contribution is 5.66. The fourth-order valence-corrected chi connectivity index (χ4v) is 2.66. The Morgan fingerprint density at radius 3 is 2.48 bits per heavy atom. The van der Waals surface area contributed by atoms with E-state index in [0.717, 1.165) is 22.5 Å². The van der Waals surface area contributed by atoms with Gasteiger partial charge < -0.3 is 5.73 Å². The zero-order valence-electron chi connectivity index (χ0n) is 12.4. The molecule has 0 bridgehead atoms. The van der Waals surface area contributed by atoms with Gasteiger partial charge >= 0.3 is 0 Å². The van der Waals surface area contributed by atoms with Gasteiger partial charge in [0.1, 0.15) is 0 Å². The van der Waals surface area contributed by atoms with Crippen molar-refractivity contribution < 1.29 is 0 Å². The lowest BCUT2D eigenvalue weighted by Gasteiger charge is -2.12. The number of nitrogens with two attached hydrogens (primary N) is 1. The lowest BCUT2D eigenvalue weighted by atomic mass is 10.1. The van der Waals surface area contributed by atoms with Gasteiger partial charge in [-0.3, -0.25) is 0 Å². The molecule has 0 saturated heterocycles. The normalized spacial score (nSPS) is 10.8. The van der Waals surface area contributed by atoms with E-state index in [9.17, 15) is 0 Å². The van der Waals surface area contributed by atoms with Crippen LogP contribution in [0.3, 0.4) is 0 Å². The van der Waals surface area contributed by atoms with Crippen LogP contribution in [-0.2, 0) is 6.54 Å². The molecule has 0 aliphatic carbocycles. The molecule has 0 atom stereocenters. The summed E-state index contributed by atoms with van der Waals surface area (Å²) in [5, 5.41) is 4.56. The minimum absolute atomic E-state index is 0.481. The van der Waals surface area contributed by atoms with Crippen molar-refractivity contribution >= 4 is 0 Å². The van der Waals surface area contributed by atoms with E-state index < -0.39 is 0 Å². The van der Waals surface area contributed by atoms with Crippen molar-refractivity contribution in [2.45, 2.75) is 20.4 Å². The summed E-state index contributed by atoms with van der Waals surface area (Å²) in [7, 11) is 0. The SMILES string of the molecule is Cc1ccc(-n2ncc(CN)c2-c2ccccc2)c(C)c1. The Hall–Kier alpha value is -2.39. The van der Waals surface area contributed by atoms with Crippen molar-refractivity contribution in [1.82, 2.24) is 9.78 Å². The topological polar surface area (TPSA) is 43.8 Å². The van der Waals surface area contributed by atoms with Crippen LogP contribution in [-0.4, -0.2) is 9.78 Å². The largest absolute Gasteiger partial charge is 0.326 e. The summed E-state index contributed by atoms with van der Waals surface area (Å²) in [6.45, 7) is 4.69. The molecule has 0 saturated carbocycles. The van der Waals surface area contributed by atoms with Crippen LogP contribution >= 0.6 is 0 Å². The highest BCUT2D eigenvalue weighted by Crippen LogP contribution is 2.27. The third kappa shape index (κ3) is 2.48. The van der Waals surface area contributed by atoms with Crippen LogP contribution in [0.1, 0.15) is 16.7 Å². The molecule has 3 aromatic rings. The number of aromatic nitrogens is 2. The molecule has 106 valence electrons. The summed E-state index contributed by atoms with van der Waals surface area (Å²) in [6, 6.07) is 16.7. The molecule has 1 aromatic heterocycles. The zero-order chi connectivity index (χ0) is 14.8. The van der Waals surface area contributed by atoms with Gasteiger partial charge in [-0.2, -0.15) is 5.10 Å². The molecule has 3 heteroatoms. The van der Waals surface area contributed by atoms with Gasteiger partial charge in [-0.15, -0.1) is 0 Å². The molecule has 0 aliphatic heterocycles.